The average molecular weight is 258 g/mol. The van der Waals surface area contributed by atoms with Gasteiger partial charge in [0.2, 0.25) is 5.91 Å². The van der Waals surface area contributed by atoms with Crippen LogP contribution in [0.5, 0.6) is 0 Å². The number of ether oxygens (including phenoxy) is 1. The van der Waals surface area contributed by atoms with Crippen molar-refractivity contribution < 1.29 is 19.1 Å². The number of alkyl carbamates (subject to hydrolysis) is 1. The first kappa shape index (κ1) is 16.4. The maximum atomic E-state index is 11.8. The SMILES string of the molecule is CC(C)C(=O)[C@H](CC(N)=O)NC(=O)OC(C)(C)C. The van der Waals surface area contributed by atoms with E-state index in [0.29, 0.717) is 0 Å². The van der Waals surface area contributed by atoms with Gasteiger partial charge in [-0.25, -0.2) is 4.79 Å². The molecule has 6 nitrogen and oxygen atoms in total. The normalized spacial score (nSPS) is 13.0. The van der Waals surface area contributed by atoms with Gasteiger partial charge in [-0.3, -0.25) is 9.59 Å². The van der Waals surface area contributed by atoms with Crippen molar-refractivity contribution in [3.05, 3.63) is 0 Å². The Morgan fingerprint density at radius 2 is 1.72 bits per heavy atom. The lowest BCUT2D eigenvalue weighted by Crippen LogP contribution is -2.46. The van der Waals surface area contributed by atoms with Crippen LogP contribution in [-0.2, 0) is 14.3 Å². The number of hydrogen-bond acceptors (Lipinski definition) is 4. The Labute approximate surface area is 107 Å². The van der Waals surface area contributed by atoms with Gasteiger partial charge >= 0.3 is 6.09 Å². The molecule has 0 aromatic heterocycles. The van der Waals surface area contributed by atoms with E-state index in [0.717, 1.165) is 0 Å². The summed E-state index contributed by atoms with van der Waals surface area (Å²) in [5.41, 5.74) is 4.39. The zero-order valence-corrected chi connectivity index (χ0v) is 11.6. The van der Waals surface area contributed by atoms with E-state index in [1.165, 1.54) is 0 Å². The number of rotatable bonds is 5. The molecule has 3 N–H and O–H groups in total. The van der Waals surface area contributed by atoms with Gasteiger partial charge in [-0.2, -0.15) is 0 Å². The Hall–Kier alpha value is -1.59. The summed E-state index contributed by atoms with van der Waals surface area (Å²) in [7, 11) is 0. The lowest BCUT2D eigenvalue weighted by Gasteiger charge is -2.23. The predicted molar refractivity (Wildman–Crippen MR) is 66.8 cm³/mol. The van der Waals surface area contributed by atoms with E-state index in [-0.39, 0.29) is 18.1 Å². The van der Waals surface area contributed by atoms with Crippen LogP contribution >= 0.6 is 0 Å². The standard InChI is InChI=1S/C12H22N2O4/c1-7(2)10(16)8(6-9(13)15)14-11(17)18-12(3,4)5/h7-8H,6H2,1-5H3,(H2,13,15)(H,14,17)/t8-/m0/s1. The topological polar surface area (TPSA) is 98.5 Å². The first-order valence-electron chi connectivity index (χ1n) is 5.84. The predicted octanol–water partition coefficient (Wildman–Crippen LogP) is 0.980. The first-order valence-corrected chi connectivity index (χ1v) is 5.84. The fourth-order valence-electron chi connectivity index (χ4n) is 1.28. The Morgan fingerprint density at radius 3 is 2.06 bits per heavy atom. The van der Waals surface area contributed by atoms with Crippen LogP contribution in [0.1, 0.15) is 41.0 Å². The number of hydrogen-bond donors (Lipinski definition) is 2. The van der Waals surface area contributed by atoms with E-state index >= 15 is 0 Å². The highest BCUT2D eigenvalue weighted by Crippen LogP contribution is 2.09. The number of nitrogens with two attached hydrogens (primary N) is 1. The minimum absolute atomic E-state index is 0.226. The van der Waals surface area contributed by atoms with Crippen LogP contribution < -0.4 is 11.1 Å². The summed E-state index contributed by atoms with van der Waals surface area (Å²) in [5.74, 6) is -1.20. The average Bonchev–Trinajstić information content (AvgIpc) is 2.11. The fourth-order valence-corrected chi connectivity index (χ4v) is 1.28. The van der Waals surface area contributed by atoms with Gasteiger partial charge in [-0.15, -0.1) is 0 Å². The monoisotopic (exact) mass is 258 g/mol. The largest absolute Gasteiger partial charge is 0.444 e. The molecule has 0 unspecified atom stereocenters. The van der Waals surface area contributed by atoms with Crippen molar-refractivity contribution in [1.29, 1.82) is 0 Å². The third-order valence-electron chi connectivity index (χ3n) is 2.01. The smallest absolute Gasteiger partial charge is 0.408 e. The van der Waals surface area contributed by atoms with Crippen molar-refractivity contribution in [2.75, 3.05) is 0 Å². The molecule has 1 atom stereocenters. The van der Waals surface area contributed by atoms with Crippen LogP contribution in [-0.4, -0.2) is 29.4 Å². The fraction of sp³-hybridized carbons (Fsp3) is 0.750. The Kier molecular flexibility index (Phi) is 5.81. The molecule has 104 valence electrons. The van der Waals surface area contributed by atoms with Crippen LogP contribution in [0.15, 0.2) is 0 Å². The summed E-state index contributed by atoms with van der Waals surface area (Å²) in [4.78, 5) is 34.2. The van der Waals surface area contributed by atoms with Crippen molar-refractivity contribution in [3.63, 3.8) is 0 Å². The molecule has 0 aliphatic rings. The number of Topliss-reactive ketones (excluding diaryl/α,β-unsaturated/α-hetero) is 1. The number of primary amides is 1. The number of carbonyl (C=O) groups is 3. The van der Waals surface area contributed by atoms with Gasteiger partial charge in [-0.05, 0) is 20.8 Å². The van der Waals surface area contributed by atoms with E-state index < -0.39 is 23.6 Å². The molecule has 2 amide bonds. The van der Waals surface area contributed by atoms with Gasteiger partial charge in [0.25, 0.3) is 0 Å². The molecule has 0 fully saturated rings. The van der Waals surface area contributed by atoms with Gasteiger partial charge in [-0.1, -0.05) is 13.8 Å². The molecule has 0 saturated heterocycles. The van der Waals surface area contributed by atoms with Crippen molar-refractivity contribution >= 4 is 17.8 Å². The lowest BCUT2D eigenvalue weighted by atomic mass is 9.99. The van der Waals surface area contributed by atoms with Gasteiger partial charge in [0, 0.05) is 5.92 Å². The van der Waals surface area contributed by atoms with Crippen molar-refractivity contribution in [2.24, 2.45) is 11.7 Å². The van der Waals surface area contributed by atoms with Crippen LogP contribution in [0.2, 0.25) is 0 Å². The lowest BCUT2D eigenvalue weighted by molar-refractivity contribution is -0.127. The van der Waals surface area contributed by atoms with Gasteiger partial charge in [0.15, 0.2) is 5.78 Å². The van der Waals surface area contributed by atoms with Crippen molar-refractivity contribution in [3.8, 4) is 0 Å². The molecular weight excluding hydrogens is 236 g/mol. The van der Waals surface area contributed by atoms with Crippen LogP contribution in [0, 0.1) is 5.92 Å². The second-order valence-electron chi connectivity index (χ2n) is 5.43. The molecule has 0 heterocycles. The summed E-state index contributed by atoms with van der Waals surface area (Å²) in [6, 6.07) is -0.933. The summed E-state index contributed by atoms with van der Waals surface area (Å²) >= 11 is 0. The third kappa shape index (κ3) is 6.88. The molecule has 0 aromatic carbocycles. The second kappa shape index (κ2) is 6.37. The molecule has 0 rings (SSSR count). The minimum Gasteiger partial charge on any atom is -0.444 e. The maximum absolute atomic E-state index is 11.8. The van der Waals surface area contributed by atoms with Gasteiger partial charge < -0.3 is 15.8 Å². The van der Waals surface area contributed by atoms with E-state index in [1.807, 2.05) is 0 Å². The van der Waals surface area contributed by atoms with Gasteiger partial charge in [0.1, 0.15) is 5.60 Å². The summed E-state index contributed by atoms with van der Waals surface area (Å²) < 4.78 is 5.03. The summed E-state index contributed by atoms with van der Waals surface area (Å²) in [5, 5.41) is 2.37. The number of carbonyl (C=O) groups excluding carboxylic acids is 3. The highest BCUT2D eigenvalue weighted by molar-refractivity contribution is 5.92. The Morgan fingerprint density at radius 1 is 1.22 bits per heavy atom. The zero-order chi connectivity index (χ0) is 14.5. The highest BCUT2D eigenvalue weighted by atomic mass is 16.6. The Balaban J connectivity index is 4.65. The molecule has 0 aliphatic heterocycles. The molecule has 6 heteroatoms. The molecule has 0 aliphatic carbocycles. The third-order valence-corrected chi connectivity index (χ3v) is 2.01. The maximum Gasteiger partial charge on any atom is 0.408 e. The van der Waals surface area contributed by atoms with E-state index in [4.69, 9.17) is 10.5 Å². The van der Waals surface area contributed by atoms with E-state index in [1.54, 1.807) is 34.6 Å². The molecule has 0 aromatic rings. The number of ketones is 1. The quantitative estimate of drug-likeness (QED) is 0.767. The van der Waals surface area contributed by atoms with Crippen molar-refractivity contribution in [2.45, 2.75) is 52.7 Å². The minimum atomic E-state index is -0.933. The first-order chi connectivity index (χ1) is 8.03. The molecule has 0 bridgehead atoms. The molecular formula is C12H22N2O4. The van der Waals surface area contributed by atoms with Gasteiger partial charge in [0.05, 0.1) is 12.5 Å². The number of amides is 2. The Bertz CT molecular complexity index is 331. The highest BCUT2D eigenvalue weighted by Gasteiger charge is 2.27. The molecule has 0 saturated carbocycles. The van der Waals surface area contributed by atoms with Crippen LogP contribution in [0.25, 0.3) is 0 Å². The summed E-state index contributed by atoms with van der Waals surface area (Å²) in [6.07, 6.45) is -0.960. The molecule has 0 radical (unpaired) electrons. The zero-order valence-electron chi connectivity index (χ0n) is 11.6. The number of nitrogens with one attached hydrogen (secondary N) is 1. The second-order valence-corrected chi connectivity index (χ2v) is 5.43. The summed E-state index contributed by atoms with van der Waals surface area (Å²) in [6.45, 7) is 8.50. The van der Waals surface area contributed by atoms with Crippen molar-refractivity contribution in [1.82, 2.24) is 5.32 Å². The van der Waals surface area contributed by atoms with E-state index in [2.05, 4.69) is 5.32 Å². The van der Waals surface area contributed by atoms with E-state index in [9.17, 15) is 14.4 Å². The van der Waals surface area contributed by atoms with Crippen LogP contribution in [0.3, 0.4) is 0 Å². The molecule has 0 spiro atoms. The van der Waals surface area contributed by atoms with Crippen LogP contribution in [0.4, 0.5) is 4.79 Å². The molecule has 18 heavy (non-hydrogen) atoms.